The van der Waals surface area contributed by atoms with Crippen LogP contribution in [0.25, 0.3) is 0 Å². The Bertz CT molecular complexity index is 387. The van der Waals surface area contributed by atoms with Gasteiger partial charge in [0.05, 0.1) is 0 Å². The van der Waals surface area contributed by atoms with Crippen molar-refractivity contribution in [2.75, 3.05) is 0 Å². The quantitative estimate of drug-likeness (QED) is 0.585. The maximum Gasteiger partial charge on any atom is 0.323 e. The fourth-order valence-corrected chi connectivity index (χ4v) is 1.07. The van der Waals surface area contributed by atoms with Crippen molar-refractivity contribution >= 4 is 5.97 Å². The molecule has 15 heavy (non-hydrogen) atoms. The molecule has 76 valence electrons. The Balaban J connectivity index is 0.000000921. The molecule has 1 aromatic carbocycles. The molecule has 4 nitrogen and oxygen atoms in total. The molecule has 0 fully saturated rings. The van der Waals surface area contributed by atoms with E-state index in [-0.39, 0.29) is 0 Å². The number of hydrogen-bond donors (Lipinski definition) is 1. The molecule has 0 radical (unpaired) electrons. The molecule has 4 heteroatoms. The Hall–Kier alpha value is -2.33. The Morgan fingerprint density at radius 1 is 1.40 bits per heavy atom. The number of hydrogen-bond acceptors (Lipinski definition) is 3. The Morgan fingerprint density at radius 3 is 2.20 bits per heavy atom. The summed E-state index contributed by atoms with van der Waals surface area (Å²) in [4.78, 5) is 10.7. The summed E-state index contributed by atoms with van der Waals surface area (Å²) < 4.78 is 0. The third-order valence-corrected chi connectivity index (χ3v) is 1.82. The lowest BCUT2D eigenvalue weighted by Crippen LogP contribution is -2.08. The summed E-state index contributed by atoms with van der Waals surface area (Å²) in [5, 5.41) is 20.8. The van der Waals surface area contributed by atoms with Crippen LogP contribution in [0.1, 0.15) is 17.0 Å². The van der Waals surface area contributed by atoms with Gasteiger partial charge in [-0.15, -0.1) is 6.42 Å². The molecule has 0 aromatic heterocycles. The first-order valence-electron chi connectivity index (χ1n) is 4.10. The maximum absolute atomic E-state index is 10.7. The van der Waals surface area contributed by atoms with Gasteiger partial charge in [-0.3, -0.25) is 4.79 Å². The molecule has 0 bridgehead atoms. The summed E-state index contributed by atoms with van der Waals surface area (Å²) in [6.45, 7) is 1.94. The molecule has 0 saturated heterocycles. The van der Waals surface area contributed by atoms with Gasteiger partial charge in [0.2, 0.25) is 0 Å². The normalized spacial score (nSPS) is 10.3. The minimum atomic E-state index is -0.980. The predicted molar refractivity (Wildman–Crippen MR) is 53.8 cm³/mol. The maximum atomic E-state index is 10.7. The number of terminal acetylenes is 1. The van der Waals surface area contributed by atoms with Gasteiger partial charge < -0.3 is 5.11 Å². The van der Waals surface area contributed by atoms with Gasteiger partial charge in [-0.1, -0.05) is 35.7 Å². The number of aliphatic carboxylic acids is 1. The average molecular weight is 202 g/mol. The lowest BCUT2D eigenvalue weighted by atomic mass is 9.99. The van der Waals surface area contributed by atoms with Crippen LogP contribution >= 0.6 is 0 Å². The van der Waals surface area contributed by atoms with Crippen LogP contribution in [0, 0.1) is 30.1 Å². The molecule has 0 aliphatic carbocycles. The van der Waals surface area contributed by atoms with Crippen molar-refractivity contribution in [2.45, 2.75) is 12.8 Å². The van der Waals surface area contributed by atoms with Crippen LogP contribution in [0.15, 0.2) is 24.3 Å². The number of carboxylic acids is 1. The van der Waals surface area contributed by atoms with Crippen molar-refractivity contribution in [3.8, 4) is 12.3 Å². The molecule has 1 N–H and O–H groups in total. The van der Waals surface area contributed by atoms with Crippen LogP contribution < -0.4 is 0 Å². The Kier molecular flexibility index (Phi) is 5.21. The molecule has 0 amide bonds. The zero-order chi connectivity index (χ0) is 11.8. The minimum Gasteiger partial charge on any atom is -0.480 e. The van der Waals surface area contributed by atoms with Gasteiger partial charge in [0.25, 0.3) is 0 Å². The molecule has 1 rings (SSSR count). The van der Waals surface area contributed by atoms with E-state index in [1.54, 1.807) is 12.1 Å². The third-order valence-electron chi connectivity index (χ3n) is 1.82. The molecule has 0 heterocycles. The van der Waals surface area contributed by atoms with E-state index in [2.05, 4.69) is 5.92 Å². The van der Waals surface area contributed by atoms with E-state index in [1.807, 2.05) is 19.1 Å². The van der Waals surface area contributed by atoms with E-state index in [9.17, 15) is 4.79 Å². The third kappa shape index (κ3) is 3.50. The van der Waals surface area contributed by atoms with Crippen LogP contribution in [0.5, 0.6) is 0 Å². The number of carbonyl (C=O) groups is 1. The molecule has 1 aromatic rings. The number of nitrogens with zero attached hydrogens (tertiary/aromatic N) is 2. The van der Waals surface area contributed by atoms with Gasteiger partial charge in [0, 0.05) is 10.8 Å². The molecular formula is C11H10N2O2. The van der Waals surface area contributed by atoms with E-state index in [1.165, 1.54) is 0 Å². The first-order chi connectivity index (χ1) is 7.15. The monoisotopic (exact) mass is 202 g/mol. The fourth-order valence-electron chi connectivity index (χ4n) is 1.07. The summed E-state index contributed by atoms with van der Waals surface area (Å²) in [6, 6.07) is 7.19. The molecular weight excluding hydrogens is 192 g/mol. The van der Waals surface area contributed by atoms with Gasteiger partial charge in [-0.05, 0) is 12.5 Å². The van der Waals surface area contributed by atoms with Crippen LogP contribution in [0.4, 0.5) is 0 Å². The second-order valence-electron chi connectivity index (χ2n) is 2.85. The highest BCUT2D eigenvalue weighted by Gasteiger charge is 2.15. The van der Waals surface area contributed by atoms with Crippen molar-refractivity contribution in [1.82, 2.24) is 0 Å². The van der Waals surface area contributed by atoms with Crippen molar-refractivity contribution in [3.05, 3.63) is 35.4 Å². The van der Waals surface area contributed by atoms with Crippen molar-refractivity contribution in [1.29, 1.82) is 10.8 Å². The van der Waals surface area contributed by atoms with Gasteiger partial charge in [0.15, 0.2) is 0 Å². The average Bonchev–Trinajstić information content (AvgIpc) is 2.24. The van der Waals surface area contributed by atoms with E-state index in [0.29, 0.717) is 5.56 Å². The molecule has 0 aliphatic heterocycles. The largest absolute Gasteiger partial charge is 0.480 e. The van der Waals surface area contributed by atoms with Gasteiger partial charge in [0.1, 0.15) is 5.92 Å². The second-order valence-corrected chi connectivity index (χ2v) is 2.85. The highest BCUT2D eigenvalue weighted by molar-refractivity contribution is 5.79. The number of rotatable bonds is 2. The van der Waals surface area contributed by atoms with E-state index < -0.39 is 11.9 Å². The summed E-state index contributed by atoms with van der Waals surface area (Å²) in [5.41, 5.74) is 1.74. The van der Waals surface area contributed by atoms with Gasteiger partial charge in [-0.2, -0.15) is 0 Å². The summed E-state index contributed by atoms with van der Waals surface area (Å²) >= 11 is 0. The molecule has 0 aliphatic rings. The fraction of sp³-hybridized carbons (Fsp3) is 0.182. The van der Waals surface area contributed by atoms with Crippen LogP contribution in [-0.4, -0.2) is 11.1 Å². The standard InChI is InChI=1S/C11H10O2.N2/c1-3-10(11(12)13)9-6-4-8(2)5-7-9;1-2/h1,4-7,10H,2H3,(H,12,13);. The summed E-state index contributed by atoms with van der Waals surface area (Å²) in [5.74, 6) is 0.425. The van der Waals surface area contributed by atoms with E-state index >= 15 is 0 Å². The minimum absolute atomic E-state index is 0.653. The SMILES string of the molecule is C#CC(C(=O)O)c1ccc(C)cc1.N#N. The smallest absolute Gasteiger partial charge is 0.323 e. The summed E-state index contributed by atoms with van der Waals surface area (Å²) in [7, 11) is 0. The van der Waals surface area contributed by atoms with Gasteiger partial charge >= 0.3 is 5.97 Å². The number of carboxylic acid groups (broad SMARTS) is 1. The first-order valence-corrected chi connectivity index (χ1v) is 4.10. The highest BCUT2D eigenvalue weighted by Crippen LogP contribution is 2.15. The lowest BCUT2D eigenvalue weighted by molar-refractivity contribution is -0.137. The van der Waals surface area contributed by atoms with E-state index in [0.717, 1.165) is 5.56 Å². The molecule has 1 unspecified atom stereocenters. The first kappa shape index (κ1) is 12.7. The zero-order valence-electron chi connectivity index (χ0n) is 8.21. The van der Waals surface area contributed by atoms with Gasteiger partial charge in [-0.25, -0.2) is 0 Å². The van der Waals surface area contributed by atoms with Crippen LogP contribution in [-0.2, 0) is 4.79 Å². The predicted octanol–water partition coefficient (Wildman–Crippen LogP) is 1.83. The van der Waals surface area contributed by atoms with E-state index in [4.69, 9.17) is 22.3 Å². The van der Waals surface area contributed by atoms with Crippen LogP contribution in [0.2, 0.25) is 0 Å². The number of aryl methyl sites for hydroxylation is 1. The summed E-state index contributed by atoms with van der Waals surface area (Å²) in [6.07, 6.45) is 5.11. The Labute approximate surface area is 88.0 Å². The molecule has 0 spiro atoms. The zero-order valence-corrected chi connectivity index (χ0v) is 8.21. The van der Waals surface area contributed by atoms with Crippen molar-refractivity contribution in [3.63, 3.8) is 0 Å². The van der Waals surface area contributed by atoms with Crippen LogP contribution in [0.3, 0.4) is 0 Å². The number of benzene rings is 1. The van der Waals surface area contributed by atoms with Crippen molar-refractivity contribution in [2.24, 2.45) is 0 Å². The van der Waals surface area contributed by atoms with Crippen molar-refractivity contribution < 1.29 is 9.90 Å². The highest BCUT2D eigenvalue weighted by atomic mass is 16.4. The molecule has 0 saturated carbocycles. The Morgan fingerprint density at radius 2 is 1.87 bits per heavy atom. The molecule has 1 atom stereocenters. The lowest BCUT2D eigenvalue weighted by Gasteiger charge is -2.05. The topological polar surface area (TPSA) is 84.9 Å². The second kappa shape index (κ2) is 6.17.